The van der Waals surface area contributed by atoms with Gasteiger partial charge >= 0.3 is 0 Å². The minimum atomic E-state index is -0.368. The van der Waals surface area contributed by atoms with Crippen molar-refractivity contribution in [3.8, 4) is 0 Å². The zero-order valence-electron chi connectivity index (χ0n) is 9.70. The van der Waals surface area contributed by atoms with Gasteiger partial charge in [0.05, 0.1) is 0 Å². The molecule has 17 heavy (non-hydrogen) atoms. The molecule has 1 rings (SSSR count). The predicted octanol–water partition coefficient (Wildman–Crippen LogP) is 1.42. The summed E-state index contributed by atoms with van der Waals surface area (Å²) in [5, 5.41) is 0.672. The average Bonchev–Trinajstić information content (AvgIpc) is 2.36. The second kappa shape index (κ2) is 7.40. The molecule has 0 saturated carbocycles. The Morgan fingerprint density at radius 3 is 2.71 bits per heavy atom. The maximum Gasteiger partial charge on any atom is 0.265 e. The Bertz CT molecular complexity index is 354. The Morgan fingerprint density at radius 1 is 1.41 bits per heavy atom. The fourth-order valence-corrected chi connectivity index (χ4v) is 1.17. The van der Waals surface area contributed by atoms with E-state index in [-0.39, 0.29) is 12.5 Å². The lowest BCUT2D eigenvalue weighted by atomic mass is 10.2. The van der Waals surface area contributed by atoms with Gasteiger partial charge in [-0.25, -0.2) is 4.84 Å². The summed E-state index contributed by atoms with van der Waals surface area (Å²) >= 11 is 0. The minimum Gasteiger partial charge on any atom is -0.274 e. The largest absolute Gasteiger partial charge is 0.274 e. The van der Waals surface area contributed by atoms with E-state index in [9.17, 15) is 9.59 Å². The van der Waals surface area contributed by atoms with Crippen LogP contribution in [0.1, 0.15) is 25.3 Å². The molecule has 0 aliphatic heterocycles. The second-order valence-electron chi connectivity index (χ2n) is 3.41. The van der Waals surface area contributed by atoms with Gasteiger partial charge in [-0.3, -0.25) is 9.59 Å². The molecule has 0 aliphatic rings. The SMILES string of the molecule is CCCC(=O)[N]N(C=O)OCc1ccccc1. The van der Waals surface area contributed by atoms with Gasteiger partial charge in [-0.1, -0.05) is 37.3 Å². The third-order valence-electron chi connectivity index (χ3n) is 1.97. The molecule has 0 heterocycles. The van der Waals surface area contributed by atoms with Gasteiger partial charge in [0.25, 0.3) is 12.3 Å². The van der Waals surface area contributed by atoms with Crippen LogP contribution >= 0.6 is 0 Å². The molecule has 1 aromatic rings. The van der Waals surface area contributed by atoms with Crippen LogP contribution in [0.2, 0.25) is 0 Å². The molecular weight excluding hydrogens is 220 g/mol. The van der Waals surface area contributed by atoms with Gasteiger partial charge in [-0.05, 0) is 12.0 Å². The van der Waals surface area contributed by atoms with Crippen LogP contribution in [-0.4, -0.2) is 17.5 Å². The molecule has 0 spiro atoms. The number of benzene rings is 1. The van der Waals surface area contributed by atoms with E-state index >= 15 is 0 Å². The highest BCUT2D eigenvalue weighted by molar-refractivity contribution is 5.76. The maximum absolute atomic E-state index is 11.2. The number of nitrogens with zero attached hydrogens (tertiary/aromatic N) is 2. The molecule has 0 atom stereocenters. The zero-order chi connectivity index (χ0) is 12.5. The van der Waals surface area contributed by atoms with Gasteiger partial charge in [-0.2, -0.15) is 0 Å². The van der Waals surface area contributed by atoms with E-state index in [0.29, 0.717) is 24.4 Å². The smallest absolute Gasteiger partial charge is 0.265 e. The fourth-order valence-electron chi connectivity index (χ4n) is 1.17. The summed E-state index contributed by atoms with van der Waals surface area (Å²) in [6, 6.07) is 9.33. The topological polar surface area (TPSA) is 60.7 Å². The second-order valence-corrected chi connectivity index (χ2v) is 3.41. The van der Waals surface area contributed by atoms with Crippen molar-refractivity contribution in [3.05, 3.63) is 35.9 Å². The predicted molar refractivity (Wildman–Crippen MR) is 61.2 cm³/mol. The number of hydrogen-bond acceptors (Lipinski definition) is 3. The number of rotatable bonds is 7. The van der Waals surface area contributed by atoms with E-state index in [1.807, 2.05) is 37.3 Å². The van der Waals surface area contributed by atoms with E-state index in [0.717, 1.165) is 5.56 Å². The fraction of sp³-hybridized carbons (Fsp3) is 0.333. The lowest BCUT2D eigenvalue weighted by Crippen LogP contribution is -2.34. The number of carbonyl (C=O) groups excluding carboxylic acids is 2. The summed E-state index contributed by atoms with van der Waals surface area (Å²) in [6.45, 7) is 2.06. The van der Waals surface area contributed by atoms with E-state index in [2.05, 4.69) is 5.43 Å². The standard InChI is InChI=1S/C12H15N2O3/c1-2-6-12(16)13-14(10-15)17-9-11-7-4-3-5-8-11/h3-5,7-8,10H,2,6,9H2,1H3. The van der Waals surface area contributed by atoms with E-state index in [1.54, 1.807) is 0 Å². The van der Waals surface area contributed by atoms with Crippen molar-refractivity contribution in [2.45, 2.75) is 26.4 Å². The van der Waals surface area contributed by atoms with Gasteiger partial charge in [0, 0.05) is 6.42 Å². The van der Waals surface area contributed by atoms with Crippen LogP contribution in [0.4, 0.5) is 0 Å². The number of hydroxylamine groups is 1. The first-order chi connectivity index (χ1) is 8.26. The quantitative estimate of drug-likeness (QED) is 0.530. The van der Waals surface area contributed by atoms with Gasteiger partial charge in [0.15, 0.2) is 0 Å². The van der Waals surface area contributed by atoms with E-state index < -0.39 is 0 Å². The molecule has 1 radical (unpaired) electrons. The van der Waals surface area contributed by atoms with E-state index in [1.165, 1.54) is 0 Å². The van der Waals surface area contributed by atoms with E-state index in [4.69, 9.17) is 4.84 Å². The minimum absolute atomic E-state index is 0.197. The normalized spacial score (nSPS) is 9.71. The Morgan fingerprint density at radius 2 is 2.12 bits per heavy atom. The Hall–Kier alpha value is -1.88. The molecule has 0 aliphatic carbocycles. The summed E-state index contributed by atoms with van der Waals surface area (Å²) < 4.78 is 0. The van der Waals surface area contributed by atoms with Crippen molar-refractivity contribution in [2.75, 3.05) is 0 Å². The molecule has 1 aromatic carbocycles. The summed E-state index contributed by atoms with van der Waals surface area (Å²) in [4.78, 5) is 26.9. The summed E-state index contributed by atoms with van der Waals surface area (Å²) in [7, 11) is 0. The lowest BCUT2D eigenvalue weighted by Gasteiger charge is -2.13. The monoisotopic (exact) mass is 235 g/mol. The lowest BCUT2D eigenvalue weighted by molar-refractivity contribution is -0.202. The Labute approximate surface area is 100 Å². The number of amides is 2. The molecular formula is C12H15N2O3. The molecule has 91 valence electrons. The molecule has 5 nitrogen and oxygen atoms in total. The van der Waals surface area contributed by atoms with Crippen molar-refractivity contribution in [1.29, 1.82) is 0 Å². The maximum atomic E-state index is 11.2. The van der Waals surface area contributed by atoms with Crippen LogP contribution in [0, 0.1) is 0 Å². The van der Waals surface area contributed by atoms with Crippen LogP contribution < -0.4 is 5.43 Å². The molecule has 0 unspecified atom stereocenters. The van der Waals surface area contributed by atoms with Crippen molar-refractivity contribution in [3.63, 3.8) is 0 Å². The van der Waals surface area contributed by atoms with Crippen molar-refractivity contribution < 1.29 is 14.4 Å². The molecule has 5 heteroatoms. The zero-order valence-corrected chi connectivity index (χ0v) is 9.70. The highest BCUT2D eigenvalue weighted by Crippen LogP contribution is 2.01. The first kappa shape index (κ1) is 13.2. The molecule has 0 saturated heterocycles. The van der Waals surface area contributed by atoms with Crippen LogP contribution in [0.15, 0.2) is 30.3 Å². The number of hydrogen-bond donors (Lipinski definition) is 0. The highest BCUT2D eigenvalue weighted by atomic mass is 16.7. The third kappa shape index (κ3) is 5.12. The average molecular weight is 235 g/mol. The summed E-state index contributed by atoms with van der Waals surface area (Å²) in [5.74, 6) is -0.368. The van der Waals surface area contributed by atoms with Crippen LogP contribution in [0.3, 0.4) is 0 Å². The van der Waals surface area contributed by atoms with Gasteiger partial charge in [0.1, 0.15) is 6.61 Å². The molecule has 0 fully saturated rings. The van der Waals surface area contributed by atoms with Crippen LogP contribution in [0.5, 0.6) is 0 Å². The summed E-state index contributed by atoms with van der Waals surface area (Å²) in [6.07, 6.45) is 1.36. The highest BCUT2D eigenvalue weighted by Gasteiger charge is 2.09. The molecule has 2 amide bonds. The van der Waals surface area contributed by atoms with Crippen molar-refractivity contribution >= 4 is 12.3 Å². The van der Waals surface area contributed by atoms with Crippen LogP contribution in [0.25, 0.3) is 0 Å². The van der Waals surface area contributed by atoms with Crippen molar-refractivity contribution in [2.24, 2.45) is 0 Å². The Balaban J connectivity index is 2.37. The van der Waals surface area contributed by atoms with Gasteiger partial charge in [0.2, 0.25) is 0 Å². The first-order valence-corrected chi connectivity index (χ1v) is 5.42. The molecule has 0 bridgehead atoms. The Kier molecular flexibility index (Phi) is 5.74. The third-order valence-corrected chi connectivity index (χ3v) is 1.97. The molecule has 0 N–H and O–H groups in total. The summed E-state index contributed by atoms with van der Waals surface area (Å²) in [5.41, 5.74) is 4.40. The van der Waals surface area contributed by atoms with Crippen molar-refractivity contribution in [1.82, 2.24) is 10.6 Å². The molecule has 0 aromatic heterocycles. The van der Waals surface area contributed by atoms with Gasteiger partial charge in [-0.15, -0.1) is 10.6 Å². The first-order valence-electron chi connectivity index (χ1n) is 5.42. The van der Waals surface area contributed by atoms with Gasteiger partial charge < -0.3 is 0 Å². The van der Waals surface area contributed by atoms with Crippen LogP contribution in [-0.2, 0) is 21.0 Å². The number of carbonyl (C=O) groups is 2.